The highest BCUT2D eigenvalue weighted by Crippen LogP contribution is 2.47. The fourth-order valence-electron chi connectivity index (χ4n) is 2.43. The van der Waals surface area contributed by atoms with Crippen molar-refractivity contribution in [1.29, 1.82) is 0 Å². The van der Waals surface area contributed by atoms with Gasteiger partial charge in [0, 0.05) is 16.1 Å². The van der Waals surface area contributed by atoms with E-state index in [2.05, 4.69) is 5.32 Å². The third-order valence-corrected chi connectivity index (χ3v) is 4.06. The smallest absolute Gasteiger partial charge is 0.230 e. The fraction of sp³-hybridized carbons (Fsp3) is 0.500. The molecule has 18 heavy (non-hydrogen) atoms. The summed E-state index contributed by atoms with van der Waals surface area (Å²) >= 11 is 12.1. The number of carbonyl (C=O) groups excluding carboxylic acids is 1. The zero-order valence-corrected chi connectivity index (χ0v) is 12.1. The van der Waals surface area contributed by atoms with Crippen LogP contribution < -0.4 is 5.32 Å². The number of rotatable bonds is 3. The standard InChI is InChI=1S/C14H17Cl2NO/c1-9(2)17-13(18)14(6-3-7-14)11-5-4-10(15)8-12(11)16/h4-5,8-9H,3,6-7H2,1-2H3,(H,17,18). The van der Waals surface area contributed by atoms with E-state index in [4.69, 9.17) is 23.2 Å². The van der Waals surface area contributed by atoms with E-state index in [9.17, 15) is 4.79 Å². The molecule has 1 amide bonds. The molecule has 1 aromatic carbocycles. The van der Waals surface area contributed by atoms with Crippen molar-refractivity contribution in [2.45, 2.75) is 44.6 Å². The predicted molar refractivity (Wildman–Crippen MR) is 75.3 cm³/mol. The lowest BCUT2D eigenvalue weighted by Gasteiger charge is -2.41. The van der Waals surface area contributed by atoms with E-state index in [1.165, 1.54) is 0 Å². The number of carbonyl (C=O) groups is 1. The number of halogens is 2. The molecule has 0 saturated heterocycles. The maximum atomic E-state index is 12.4. The normalized spacial score (nSPS) is 17.4. The quantitative estimate of drug-likeness (QED) is 0.896. The third kappa shape index (κ3) is 2.36. The van der Waals surface area contributed by atoms with Gasteiger partial charge in [-0.2, -0.15) is 0 Å². The van der Waals surface area contributed by atoms with Gasteiger partial charge in [0.25, 0.3) is 0 Å². The molecule has 2 nitrogen and oxygen atoms in total. The van der Waals surface area contributed by atoms with E-state index in [0.29, 0.717) is 10.0 Å². The van der Waals surface area contributed by atoms with Crippen molar-refractivity contribution >= 4 is 29.1 Å². The van der Waals surface area contributed by atoms with Gasteiger partial charge < -0.3 is 5.32 Å². The molecule has 1 saturated carbocycles. The van der Waals surface area contributed by atoms with E-state index in [-0.39, 0.29) is 11.9 Å². The van der Waals surface area contributed by atoms with Crippen LogP contribution in [0.3, 0.4) is 0 Å². The Balaban J connectivity index is 2.35. The second-order valence-corrected chi connectivity index (χ2v) is 6.03. The van der Waals surface area contributed by atoms with Crippen molar-refractivity contribution < 1.29 is 4.79 Å². The van der Waals surface area contributed by atoms with Crippen LogP contribution in [0, 0.1) is 0 Å². The minimum Gasteiger partial charge on any atom is -0.353 e. The first-order chi connectivity index (χ1) is 8.45. The molecular weight excluding hydrogens is 269 g/mol. The van der Waals surface area contributed by atoms with E-state index >= 15 is 0 Å². The summed E-state index contributed by atoms with van der Waals surface area (Å²) in [6.07, 6.45) is 2.77. The molecule has 98 valence electrons. The van der Waals surface area contributed by atoms with Gasteiger partial charge in [0.05, 0.1) is 5.41 Å². The van der Waals surface area contributed by atoms with E-state index in [0.717, 1.165) is 24.8 Å². The molecule has 1 N–H and O–H groups in total. The van der Waals surface area contributed by atoms with Gasteiger partial charge in [0.2, 0.25) is 5.91 Å². The van der Waals surface area contributed by atoms with Crippen LogP contribution in [0.5, 0.6) is 0 Å². The summed E-state index contributed by atoms with van der Waals surface area (Å²) in [6, 6.07) is 5.53. The van der Waals surface area contributed by atoms with E-state index < -0.39 is 5.41 Å². The maximum absolute atomic E-state index is 12.4. The van der Waals surface area contributed by atoms with Crippen LogP contribution in [-0.2, 0) is 10.2 Å². The van der Waals surface area contributed by atoms with Crippen LogP contribution in [0.2, 0.25) is 10.0 Å². The molecule has 1 aliphatic rings. The first-order valence-electron chi connectivity index (χ1n) is 6.22. The van der Waals surface area contributed by atoms with Crippen molar-refractivity contribution in [2.24, 2.45) is 0 Å². The van der Waals surface area contributed by atoms with Crippen LogP contribution in [0.1, 0.15) is 38.7 Å². The summed E-state index contributed by atoms with van der Waals surface area (Å²) in [5.41, 5.74) is 0.448. The molecule has 1 fully saturated rings. The Hall–Kier alpha value is -0.730. The highest BCUT2D eigenvalue weighted by atomic mass is 35.5. The summed E-state index contributed by atoms with van der Waals surface area (Å²) in [5.74, 6) is 0.0768. The van der Waals surface area contributed by atoms with Gasteiger partial charge in [-0.05, 0) is 44.4 Å². The van der Waals surface area contributed by atoms with Gasteiger partial charge >= 0.3 is 0 Å². The molecule has 0 bridgehead atoms. The summed E-state index contributed by atoms with van der Waals surface area (Å²) < 4.78 is 0. The monoisotopic (exact) mass is 285 g/mol. The number of hydrogen-bond donors (Lipinski definition) is 1. The first-order valence-corrected chi connectivity index (χ1v) is 6.98. The van der Waals surface area contributed by atoms with Gasteiger partial charge in [0.15, 0.2) is 0 Å². The lowest BCUT2D eigenvalue weighted by Crippen LogP contribution is -2.51. The van der Waals surface area contributed by atoms with Crippen molar-refractivity contribution in [3.63, 3.8) is 0 Å². The van der Waals surface area contributed by atoms with Gasteiger partial charge in [0.1, 0.15) is 0 Å². The average molecular weight is 286 g/mol. The Morgan fingerprint density at radius 2 is 2.00 bits per heavy atom. The molecule has 0 atom stereocenters. The van der Waals surface area contributed by atoms with Crippen LogP contribution >= 0.6 is 23.2 Å². The second kappa shape index (κ2) is 5.10. The van der Waals surface area contributed by atoms with E-state index in [1.807, 2.05) is 19.9 Å². The molecule has 1 aliphatic carbocycles. The summed E-state index contributed by atoms with van der Waals surface area (Å²) in [7, 11) is 0. The van der Waals surface area contributed by atoms with Crippen molar-refractivity contribution in [3.8, 4) is 0 Å². The molecule has 0 radical (unpaired) electrons. The zero-order chi connectivity index (χ0) is 13.3. The fourth-order valence-corrected chi connectivity index (χ4v) is 3.02. The van der Waals surface area contributed by atoms with E-state index in [1.54, 1.807) is 12.1 Å². The summed E-state index contributed by atoms with van der Waals surface area (Å²) in [6.45, 7) is 3.93. The third-order valence-electron chi connectivity index (χ3n) is 3.51. The van der Waals surface area contributed by atoms with Crippen LogP contribution in [-0.4, -0.2) is 11.9 Å². The molecule has 0 aromatic heterocycles. The highest BCUT2D eigenvalue weighted by Gasteiger charge is 2.46. The minimum atomic E-state index is -0.452. The Kier molecular flexibility index (Phi) is 3.88. The number of amides is 1. The zero-order valence-electron chi connectivity index (χ0n) is 10.6. The second-order valence-electron chi connectivity index (χ2n) is 5.19. The Morgan fingerprint density at radius 3 is 2.44 bits per heavy atom. The molecule has 2 rings (SSSR count). The molecule has 0 heterocycles. The molecule has 1 aromatic rings. The number of benzene rings is 1. The lowest BCUT2D eigenvalue weighted by molar-refractivity contribution is -0.130. The number of nitrogens with one attached hydrogen (secondary N) is 1. The maximum Gasteiger partial charge on any atom is 0.230 e. The SMILES string of the molecule is CC(C)NC(=O)C1(c2ccc(Cl)cc2Cl)CCC1. The van der Waals surface area contributed by atoms with Crippen molar-refractivity contribution in [3.05, 3.63) is 33.8 Å². The van der Waals surface area contributed by atoms with Crippen LogP contribution in [0.4, 0.5) is 0 Å². The summed E-state index contributed by atoms with van der Waals surface area (Å²) in [5, 5.41) is 4.18. The van der Waals surface area contributed by atoms with Gasteiger partial charge in [-0.15, -0.1) is 0 Å². The van der Waals surface area contributed by atoms with Crippen molar-refractivity contribution in [1.82, 2.24) is 5.32 Å². The molecule has 0 spiro atoms. The van der Waals surface area contributed by atoms with Crippen molar-refractivity contribution in [2.75, 3.05) is 0 Å². The molecule has 0 unspecified atom stereocenters. The molecule has 0 aliphatic heterocycles. The Morgan fingerprint density at radius 1 is 1.33 bits per heavy atom. The largest absolute Gasteiger partial charge is 0.353 e. The summed E-state index contributed by atoms with van der Waals surface area (Å²) in [4.78, 5) is 12.4. The predicted octanol–water partition coefficient (Wildman–Crippen LogP) is 3.94. The van der Waals surface area contributed by atoms with Crippen LogP contribution in [0.25, 0.3) is 0 Å². The highest BCUT2D eigenvalue weighted by molar-refractivity contribution is 6.35. The topological polar surface area (TPSA) is 29.1 Å². The van der Waals surface area contributed by atoms with Crippen LogP contribution in [0.15, 0.2) is 18.2 Å². The molecular formula is C14H17Cl2NO. The number of hydrogen-bond acceptors (Lipinski definition) is 1. The first kappa shape index (κ1) is 13.7. The van der Waals surface area contributed by atoms with Gasteiger partial charge in [-0.25, -0.2) is 0 Å². The van der Waals surface area contributed by atoms with Gasteiger partial charge in [-0.1, -0.05) is 35.7 Å². The Bertz CT molecular complexity index is 467. The van der Waals surface area contributed by atoms with Gasteiger partial charge in [-0.3, -0.25) is 4.79 Å². The minimum absolute atomic E-state index is 0.0768. The lowest BCUT2D eigenvalue weighted by atomic mass is 9.63. The Labute approximate surface area is 118 Å². The molecule has 4 heteroatoms. The average Bonchev–Trinajstić information content (AvgIpc) is 2.18.